The van der Waals surface area contributed by atoms with Crippen molar-refractivity contribution >= 4 is 40.9 Å². The average Bonchev–Trinajstić information content (AvgIpc) is 2.56. The number of benzene rings is 2. The molecule has 1 N–H and O–H groups in total. The lowest BCUT2D eigenvalue weighted by atomic mass is 10.1. The molecule has 2 aromatic rings. The standard InChI is InChI=1S/C17H15Cl2NO3/c1-22-13-6-3-11(16(10-13)23-2)4-8-17(21)20-15-9-12(18)5-7-14(15)19/h3-10H,1-2H3,(H,20,21)/b8-4+. The van der Waals surface area contributed by atoms with Gasteiger partial charge in [-0.15, -0.1) is 0 Å². The van der Waals surface area contributed by atoms with Crippen LogP contribution in [0.3, 0.4) is 0 Å². The summed E-state index contributed by atoms with van der Waals surface area (Å²) >= 11 is 11.9. The molecule has 6 heteroatoms. The highest BCUT2D eigenvalue weighted by atomic mass is 35.5. The molecule has 0 fully saturated rings. The summed E-state index contributed by atoms with van der Waals surface area (Å²) in [7, 11) is 3.13. The molecule has 4 nitrogen and oxygen atoms in total. The van der Waals surface area contributed by atoms with E-state index in [0.717, 1.165) is 5.56 Å². The molecular weight excluding hydrogens is 337 g/mol. The number of amides is 1. The fourth-order valence-corrected chi connectivity index (χ4v) is 2.23. The molecule has 0 aromatic heterocycles. The number of anilines is 1. The predicted molar refractivity (Wildman–Crippen MR) is 93.7 cm³/mol. The second kappa shape index (κ2) is 7.90. The predicted octanol–water partition coefficient (Wildman–Crippen LogP) is 4.66. The van der Waals surface area contributed by atoms with E-state index < -0.39 is 0 Å². The van der Waals surface area contributed by atoms with Crippen LogP contribution in [0.2, 0.25) is 10.0 Å². The summed E-state index contributed by atoms with van der Waals surface area (Å²) in [5.41, 5.74) is 1.20. The number of halogens is 2. The summed E-state index contributed by atoms with van der Waals surface area (Å²) in [6.45, 7) is 0. The van der Waals surface area contributed by atoms with Gasteiger partial charge < -0.3 is 14.8 Å². The number of carbonyl (C=O) groups excluding carboxylic acids is 1. The number of hydrogen-bond donors (Lipinski definition) is 1. The normalized spacial score (nSPS) is 10.6. The summed E-state index contributed by atoms with van der Waals surface area (Å²) < 4.78 is 10.4. The Morgan fingerprint density at radius 2 is 1.87 bits per heavy atom. The zero-order chi connectivity index (χ0) is 16.8. The Morgan fingerprint density at radius 1 is 1.09 bits per heavy atom. The van der Waals surface area contributed by atoms with Crippen LogP contribution in [0, 0.1) is 0 Å². The maximum Gasteiger partial charge on any atom is 0.248 e. The van der Waals surface area contributed by atoms with Crippen molar-refractivity contribution in [3.05, 3.63) is 58.1 Å². The highest BCUT2D eigenvalue weighted by Crippen LogP contribution is 2.27. The quantitative estimate of drug-likeness (QED) is 0.796. The number of methoxy groups -OCH3 is 2. The van der Waals surface area contributed by atoms with Gasteiger partial charge in [0.1, 0.15) is 11.5 Å². The van der Waals surface area contributed by atoms with E-state index in [0.29, 0.717) is 27.2 Å². The van der Waals surface area contributed by atoms with Crippen LogP contribution >= 0.6 is 23.2 Å². The molecule has 0 aliphatic carbocycles. The lowest BCUT2D eigenvalue weighted by molar-refractivity contribution is -0.111. The average molecular weight is 352 g/mol. The first kappa shape index (κ1) is 17.2. The van der Waals surface area contributed by atoms with Crippen LogP contribution in [-0.4, -0.2) is 20.1 Å². The Bertz CT molecular complexity index is 745. The lowest BCUT2D eigenvalue weighted by Gasteiger charge is -2.08. The Hall–Kier alpha value is -2.17. The Kier molecular flexibility index (Phi) is 5.90. The van der Waals surface area contributed by atoms with Crippen molar-refractivity contribution in [2.24, 2.45) is 0 Å². The highest BCUT2D eigenvalue weighted by molar-refractivity contribution is 6.35. The molecule has 1 amide bonds. The molecule has 0 radical (unpaired) electrons. The SMILES string of the molecule is COc1ccc(/C=C/C(=O)Nc2cc(Cl)ccc2Cl)c(OC)c1. The summed E-state index contributed by atoms with van der Waals surface area (Å²) in [5.74, 6) is 0.954. The molecule has 23 heavy (non-hydrogen) atoms. The Morgan fingerprint density at radius 3 is 2.57 bits per heavy atom. The van der Waals surface area contributed by atoms with Gasteiger partial charge in [-0.2, -0.15) is 0 Å². The minimum absolute atomic E-state index is 0.327. The van der Waals surface area contributed by atoms with Crippen LogP contribution in [-0.2, 0) is 4.79 Å². The van der Waals surface area contributed by atoms with E-state index in [9.17, 15) is 4.79 Å². The van der Waals surface area contributed by atoms with Crippen LogP contribution in [0.4, 0.5) is 5.69 Å². The minimum atomic E-state index is -0.327. The van der Waals surface area contributed by atoms with Gasteiger partial charge in [0.15, 0.2) is 0 Å². The van der Waals surface area contributed by atoms with Gasteiger partial charge in [-0.05, 0) is 36.4 Å². The van der Waals surface area contributed by atoms with Crippen molar-refractivity contribution in [3.63, 3.8) is 0 Å². The third kappa shape index (κ3) is 4.65. The van der Waals surface area contributed by atoms with E-state index in [1.165, 1.54) is 6.08 Å². The third-order valence-electron chi connectivity index (χ3n) is 3.04. The fourth-order valence-electron chi connectivity index (χ4n) is 1.89. The number of ether oxygens (including phenoxy) is 2. The van der Waals surface area contributed by atoms with Gasteiger partial charge in [-0.3, -0.25) is 4.79 Å². The molecule has 0 aliphatic rings. The number of hydrogen-bond acceptors (Lipinski definition) is 3. The Balaban J connectivity index is 2.13. The van der Waals surface area contributed by atoms with Crippen molar-refractivity contribution in [2.45, 2.75) is 0 Å². The van der Waals surface area contributed by atoms with Crippen LogP contribution in [0.5, 0.6) is 11.5 Å². The van der Waals surface area contributed by atoms with Gasteiger partial charge in [0.05, 0.1) is 24.9 Å². The second-order valence-corrected chi connectivity index (χ2v) is 5.40. The van der Waals surface area contributed by atoms with Gasteiger partial charge in [-0.1, -0.05) is 23.2 Å². The molecule has 0 atom stereocenters. The largest absolute Gasteiger partial charge is 0.497 e. The third-order valence-corrected chi connectivity index (χ3v) is 3.61. The van der Waals surface area contributed by atoms with Crippen molar-refractivity contribution in [2.75, 3.05) is 19.5 Å². The van der Waals surface area contributed by atoms with Gasteiger partial charge in [0, 0.05) is 22.7 Å². The molecule has 0 saturated heterocycles. The smallest absolute Gasteiger partial charge is 0.248 e. The summed E-state index contributed by atoms with van der Waals surface area (Å²) in [4.78, 5) is 12.0. The van der Waals surface area contributed by atoms with E-state index in [1.807, 2.05) is 0 Å². The van der Waals surface area contributed by atoms with Crippen molar-refractivity contribution in [3.8, 4) is 11.5 Å². The Labute approximate surface area is 144 Å². The highest BCUT2D eigenvalue weighted by Gasteiger charge is 2.06. The van der Waals surface area contributed by atoms with Gasteiger partial charge in [0.2, 0.25) is 5.91 Å². The summed E-state index contributed by atoms with van der Waals surface area (Å²) in [6, 6.07) is 10.2. The summed E-state index contributed by atoms with van der Waals surface area (Å²) in [6.07, 6.45) is 3.04. The number of nitrogens with one attached hydrogen (secondary N) is 1. The molecule has 0 spiro atoms. The van der Waals surface area contributed by atoms with Crippen LogP contribution in [0.15, 0.2) is 42.5 Å². The summed E-state index contributed by atoms with van der Waals surface area (Å²) in [5, 5.41) is 3.58. The molecule has 2 aromatic carbocycles. The molecule has 0 unspecified atom stereocenters. The zero-order valence-corrected chi connectivity index (χ0v) is 14.1. The topological polar surface area (TPSA) is 47.6 Å². The molecule has 0 saturated carbocycles. The van der Waals surface area contributed by atoms with Crippen molar-refractivity contribution in [1.29, 1.82) is 0 Å². The lowest BCUT2D eigenvalue weighted by Crippen LogP contribution is -2.08. The maximum atomic E-state index is 12.0. The number of rotatable bonds is 5. The van der Waals surface area contributed by atoms with Crippen LogP contribution in [0.25, 0.3) is 6.08 Å². The van der Waals surface area contributed by atoms with E-state index in [4.69, 9.17) is 32.7 Å². The van der Waals surface area contributed by atoms with E-state index in [1.54, 1.807) is 56.7 Å². The second-order valence-electron chi connectivity index (χ2n) is 4.55. The molecule has 120 valence electrons. The molecule has 0 heterocycles. The van der Waals surface area contributed by atoms with Crippen molar-refractivity contribution < 1.29 is 14.3 Å². The maximum absolute atomic E-state index is 12.0. The molecule has 0 aliphatic heterocycles. The van der Waals surface area contributed by atoms with E-state index in [-0.39, 0.29) is 5.91 Å². The first-order valence-corrected chi connectivity index (χ1v) is 7.45. The van der Waals surface area contributed by atoms with Gasteiger partial charge in [0.25, 0.3) is 0 Å². The first-order chi connectivity index (χ1) is 11.0. The monoisotopic (exact) mass is 351 g/mol. The van der Waals surface area contributed by atoms with E-state index in [2.05, 4.69) is 5.32 Å². The molecular formula is C17H15Cl2NO3. The van der Waals surface area contributed by atoms with Gasteiger partial charge in [-0.25, -0.2) is 0 Å². The fraction of sp³-hybridized carbons (Fsp3) is 0.118. The van der Waals surface area contributed by atoms with Crippen LogP contribution in [0.1, 0.15) is 5.56 Å². The van der Waals surface area contributed by atoms with Crippen molar-refractivity contribution in [1.82, 2.24) is 0 Å². The molecule has 0 bridgehead atoms. The first-order valence-electron chi connectivity index (χ1n) is 6.69. The minimum Gasteiger partial charge on any atom is -0.497 e. The number of carbonyl (C=O) groups is 1. The van der Waals surface area contributed by atoms with Crippen LogP contribution < -0.4 is 14.8 Å². The van der Waals surface area contributed by atoms with E-state index >= 15 is 0 Å². The molecule has 2 rings (SSSR count). The zero-order valence-electron chi connectivity index (χ0n) is 12.6. The van der Waals surface area contributed by atoms with Gasteiger partial charge >= 0.3 is 0 Å².